The first-order valence-corrected chi connectivity index (χ1v) is 10.6. The number of halogens is 3. The third-order valence-corrected chi connectivity index (χ3v) is 6.48. The van der Waals surface area contributed by atoms with E-state index in [4.69, 9.17) is 10.0 Å². The van der Waals surface area contributed by atoms with Crippen molar-refractivity contribution in [1.82, 2.24) is 19.3 Å². The summed E-state index contributed by atoms with van der Waals surface area (Å²) in [4.78, 5) is 25.6. The molecule has 3 rings (SSSR count). The molecule has 164 valence electrons. The zero-order valence-electron chi connectivity index (χ0n) is 16.6. The van der Waals surface area contributed by atoms with Crippen molar-refractivity contribution in [2.45, 2.75) is 24.4 Å². The topological polar surface area (TPSA) is 127 Å². The number of imidazole rings is 1. The van der Waals surface area contributed by atoms with Crippen LogP contribution >= 0.6 is 0 Å². The highest BCUT2D eigenvalue weighted by molar-refractivity contribution is 7.92. The Morgan fingerprint density at radius 2 is 2.03 bits per heavy atom. The minimum absolute atomic E-state index is 0.00994. The Balaban J connectivity index is 2.40. The molecule has 31 heavy (non-hydrogen) atoms. The summed E-state index contributed by atoms with van der Waals surface area (Å²) in [7, 11) is -1.01. The number of alkyl halides is 3. The SMILES string of the molecule is CCS(=N)(=O)c1cc(CC#N)cnc1-c1nc2cc(C(F)(F)F)n(OC)c(=O)c2n1C. The van der Waals surface area contributed by atoms with E-state index in [0.29, 0.717) is 11.6 Å². The van der Waals surface area contributed by atoms with Gasteiger partial charge in [-0.05, 0) is 17.7 Å². The van der Waals surface area contributed by atoms with Gasteiger partial charge in [0, 0.05) is 19.0 Å². The molecule has 0 amide bonds. The van der Waals surface area contributed by atoms with Crippen LogP contribution in [0.2, 0.25) is 0 Å². The van der Waals surface area contributed by atoms with Crippen molar-refractivity contribution in [2.24, 2.45) is 7.05 Å². The molecule has 0 fully saturated rings. The average molecular weight is 454 g/mol. The first-order valence-electron chi connectivity index (χ1n) is 8.83. The highest BCUT2D eigenvalue weighted by Crippen LogP contribution is 2.32. The molecule has 0 bridgehead atoms. The van der Waals surface area contributed by atoms with Crippen LogP contribution in [0, 0.1) is 16.1 Å². The Kier molecular flexibility index (Phi) is 5.53. The number of hydrogen-bond donors (Lipinski definition) is 1. The number of fused-ring (bicyclic) bond motifs is 1. The molecule has 0 aliphatic heterocycles. The van der Waals surface area contributed by atoms with Gasteiger partial charge in [-0.15, -0.1) is 4.73 Å². The summed E-state index contributed by atoms with van der Waals surface area (Å²) in [6, 6.07) is 4.01. The van der Waals surface area contributed by atoms with Gasteiger partial charge in [0.1, 0.15) is 18.3 Å². The Morgan fingerprint density at radius 3 is 2.58 bits per heavy atom. The molecular weight excluding hydrogens is 437 g/mol. The summed E-state index contributed by atoms with van der Waals surface area (Å²) < 4.78 is 62.5. The molecule has 0 aromatic carbocycles. The molecule has 9 nitrogen and oxygen atoms in total. The summed E-state index contributed by atoms with van der Waals surface area (Å²) in [6.07, 6.45) is -3.57. The number of nitriles is 1. The summed E-state index contributed by atoms with van der Waals surface area (Å²) in [6.45, 7) is 1.54. The molecule has 0 spiro atoms. The predicted molar refractivity (Wildman–Crippen MR) is 105 cm³/mol. The molecule has 3 heterocycles. The number of aryl methyl sites for hydroxylation is 1. The maximum atomic E-state index is 13.4. The van der Waals surface area contributed by atoms with E-state index in [1.807, 2.05) is 6.07 Å². The molecule has 0 radical (unpaired) electrons. The quantitative estimate of drug-likeness (QED) is 0.631. The van der Waals surface area contributed by atoms with E-state index in [9.17, 15) is 22.2 Å². The predicted octanol–water partition coefficient (Wildman–Crippen LogP) is 2.37. The average Bonchev–Trinajstić information content (AvgIpc) is 3.04. The second-order valence-electron chi connectivity index (χ2n) is 6.53. The van der Waals surface area contributed by atoms with Gasteiger partial charge in [0.2, 0.25) is 0 Å². The maximum Gasteiger partial charge on any atom is 0.435 e. The van der Waals surface area contributed by atoms with Gasteiger partial charge in [-0.1, -0.05) is 6.92 Å². The lowest BCUT2D eigenvalue weighted by Gasteiger charge is -2.13. The second kappa shape index (κ2) is 7.69. The lowest BCUT2D eigenvalue weighted by atomic mass is 10.2. The lowest BCUT2D eigenvalue weighted by molar-refractivity contribution is -0.151. The van der Waals surface area contributed by atoms with E-state index in [-0.39, 0.29) is 44.4 Å². The Labute approximate surface area is 174 Å². The smallest absolute Gasteiger partial charge is 0.413 e. The number of nitrogens with one attached hydrogen (secondary N) is 1. The van der Waals surface area contributed by atoms with Crippen molar-refractivity contribution in [3.63, 3.8) is 0 Å². The van der Waals surface area contributed by atoms with Crippen LogP contribution in [0.5, 0.6) is 0 Å². The van der Waals surface area contributed by atoms with Crippen molar-refractivity contribution in [1.29, 1.82) is 10.0 Å². The van der Waals surface area contributed by atoms with Crippen molar-refractivity contribution in [3.05, 3.63) is 39.9 Å². The Bertz CT molecular complexity index is 1380. The number of aromatic nitrogens is 4. The normalized spacial score (nSPS) is 13.7. The number of rotatable bonds is 5. The summed E-state index contributed by atoms with van der Waals surface area (Å²) in [5.74, 6) is -0.0999. The van der Waals surface area contributed by atoms with E-state index in [1.165, 1.54) is 30.8 Å². The van der Waals surface area contributed by atoms with Crippen LogP contribution in [0.1, 0.15) is 18.2 Å². The molecule has 0 saturated carbocycles. The maximum absolute atomic E-state index is 13.4. The van der Waals surface area contributed by atoms with E-state index >= 15 is 0 Å². The first kappa shape index (κ1) is 22.3. The molecule has 3 aromatic heterocycles. The van der Waals surface area contributed by atoms with E-state index < -0.39 is 27.2 Å². The van der Waals surface area contributed by atoms with Crippen LogP contribution in [0.15, 0.2) is 28.0 Å². The largest absolute Gasteiger partial charge is 0.435 e. The summed E-state index contributed by atoms with van der Waals surface area (Å²) in [5, 5.41) is 8.91. The van der Waals surface area contributed by atoms with Gasteiger partial charge in [-0.25, -0.2) is 14.0 Å². The second-order valence-corrected chi connectivity index (χ2v) is 8.89. The van der Waals surface area contributed by atoms with E-state index in [2.05, 4.69) is 14.8 Å². The fourth-order valence-corrected chi connectivity index (χ4v) is 4.21. The van der Waals surface area contributed by atoms with Gasteiger partial charge in [0.15, 0.2) is 11.5 Å². The van der Waals surface area contributed by atoms with Crippen LogP contribution in [-0.2, 0) is 29.4 Å². The summed E-state index contributed by atoms with van der Waals surface area (Å²) >= 11 is 0. The summed E-state index contributed by atoms with van der Waals surface area (Å²) in [5.41, 5.74) is -2.46. The van der Waals surface area contributed by atoms with Gasteiger partial charge < -0.3 is 9.40 Å². The molecule has 0 saturated heterocycles. The molecule has 13 heteroatoms. The van der Waals surface area contributed by atoms with Crippen LogP contribution in [0.4, 0.5) is 13.2 Å². The Morgan fingerprint density at radius 1 is 1.35 bits per heavy atom. The van der Waals surface area contributed by atoms with Crippen LogP contribution in [-0.4, -0.2) is 36.3 Å². The highest BCUT2D eigenvalue weighted by atomic mass is 32.2. The zero-order chi connectivity index (χ0) is 23.1. The van der Waals surface area contributed by atoms with Gasteiger partial charge in [0.05, 0.1) is 32.6 Å². The molecule has 1 atom stereocenters. The molecule has 1 unspecified atom stereocenters. The molecule has 0 aliphatic rings. The molecule has 3 aromatic rings. The van der Waals surface area contributed by atoms with E-state index in [0.717, 1.165) is 7.11 Å². The third-order valence-electron chi connectivity index (χ3n) is 4.64. The number of nitrogens with zero attached hydrogens (tertiary/aromatic N) is 5. The van der Waals surface area contributed by atoms with Gasteiger partial charge in [0.25, 0.3) is 0 Å². The van der Waals surface area contributed by atoms with Crippen LogP contribution in [0.3, 0.4) is 0 Å². The van der Waals surface area contributed by atoms with Gasteiger partial charge in [-0.3, -0.25) is 9.78 Å². The zero-order valence-corrected chi connectivity index (χ0v) is 17.5. The molecule has 0 aliphatic carbocycles. The fourth-order valence-electron chi connectivity index (χ4n) is 3.11. The minimum Gasteiger partial charge on any atom is -0.413 e. The highest BCUT2D eigenvalue weighted by Gasteiger charge is 2.37. The van der Waals surface area contributed by atoms with Crippen molar-refractivity contribution < 1.29 is 22.2 Å². The fraction of sp³-hybridized carbons (Fsp3) is 0.333. The first-order chi connectivity index (χ1) is 14.5. The molecule has 1 N–H and O–H groups in total. The van der Waals surface area contributed by atoms with Gasteiger partial charge >= 0.3 is 11.7 Å². The van der Waals surface area contributed by atoms with Crippen LogP contribution in [0.25, 0.3) is 22.6 Å². The van der Waals surface area contributed by atoms with Crippen molar-refractivity contribution in [3.8, 4) is 17.6 Å². The standard InChI is InChI=1S/C18H17F3N6O3S/c1-4-31(23,29)12-7-10(5-6-22)9-24-14(12)16-25-11-8-13(18(19,20)21)27(30-3)17(28)15(11)26(16)2/h7-9,23H,4-5H2,1-3H3. The van der Waals surface area contributed by atoms with Crippen LogP contribution < -0.4 is 10.4 Å². The Hall–Kier alpha value is -3.40. The van der Waals surface area contributed by atoms with E-state index in [1.54, 1.807) is 0 Å². The third kappa shape index (κ3) is 3.74. The lowest BCUT2D eigenvalue weighted by Crippen LogP contribution is -2.32. The molecular formula is C18H17F3N6O3S. The number of pyridine rings is 2. The monoisotopic (exact) mass is 454 g/mol. The number of hydrogen-bond acceptors (Lipinski definition) is 7. The van der Waals surface area contributed by atoms with Gasteiger partial charge in [-0.2, -0.15) is 18.4 Å². The minimum atomic E-state index is -4.87. The van der Waals surface area contributed by atoms with Crippen molar-refractivity contribution in [2.75, 3.05) is 12.9 Å². The van der Waals surface area contributed by atoms with Crippen molar-refractivity contribution >= 4 is 20.8 Å².